The Labute approximate surface area is 181 Å². The first-order chi connectivity index (χ1) is 14.5. The van der Waals surface area contributed by atoms with Gasteiger partial charge < -0.3 is 20.3 Å². The summed E-state index contributed by atoms with van der Waals surface area (Å²) in [6.45, 7) is 0.644. The number of hydrogen-bond acceptors (Lipinski definition) is 6. The first-order valence-corrected chi connectivity index (χ1v) is 10.2. The van der Waals surface area contributed by atoms with Crippen LogP contribution in [0.5, 0.6) is 11.5 Å². The standard InChI is InChI=1S/C22H17ClN2O4S/c23-15-6-4-13(5-7-15)10-28-16-2-1-3-17(8-16)29-11-14-12-30-20-18(22(26)27)9-25-21(24)19(14)20/h1-9,12H,10-11H2,(H2,24,25)(H,26,27). The van der Waals surface area contributed by atoms with Crippen LogP contribution < -0.4 is 15.2 Å². The van der Waals surface area contributed by atoms with E-state index in [4.69, 9.17) is 26.8 Å². The Bertz CT molecular complexity index is 1210. The number of halogens is 1. The van der Waals surface area contributed by atoms with Gasteiger partial charge >= 0.3 is 5.97 Å². The summed E-state index contributed by atoms with van der Waals surface area (Å²) in [5.41, 5.74) is 7.91. The molecule has 0 unspecified atom stereocenters. The first kappa shape index (κ1) is 20.0. The number of benzene rings is 2. The predicted molar refractivity (Wildman–Crippen MR) is 118 cm³/mol. The zero-order valence-corrected chi connectivity index (χ0v) is 17.2. The van der Waals surface area contributed by atoms with Gasteiger partial charge in [-0.1, -0.05) is 29.8 Å². The Morgan fingerprint density at radius 2 is 1.80 bits per heavy atom. The maximum Gasteiger partial charge on any atom is 0.338 e. The van der Waals surface area contributed by atoms with Crippen LogP contribution in [-0.4, -0.2) is 16.1 Å². The fraction of sp³-hybridized carbons (Fsp3) is 0.0909. The number of ether oxygens (including phenoxy) is 2. The van der Waals surface area contributed by atoms with Gasteiger partial charge in [-0.3, -0.25) is 0 Å². The molecular weight excluding hydrogens is 424 g/mol. The lowest BCUT2D eigenvalue weighted by Gasteiger charge is -2.10. The molecule has 0 aliphatic rings. The number of thiophene rings is 1. The first-order valence-electron chi connectivity index (χ1n) is 8.99. The van der Waals surface area contributed by atoms with Crippen molar-refractivity contribution in [3.63, 3.8) is 0 Å². The number of nitrogens with zero attached hydrogens (tertiary/aromatic N) is 1. The molecule has 4 aromatic rings. The number of pyridine rings is 1. The van der Waals surface area contributed by atoms with E-state index < -0.39 is 5.97 Å². The third-order valence-electron chi connectivity index (χ3n) is 4.45. The number of nitrogens with two attached hydrogens (primary N) is 1. The number of nitrogen functional groups attached to an aromatic ring is 1. The van der Waals surface area contributed by atoms with Crippen LogP contribution in [0, 0.1) is 0 Å². The molecule has 0 spiro atoms. The van der Waals surface area contributed by atoms with Gasteiger partial charge in [0.15, 0.2) is 0 Å². The van der Waals surface area contributed by atoms with Crippen molar-refractivity contribution in [1.82, 2.24) is 4.98 Å². The second-order valence-electron chi connectivity index (χ2n) is 6.51. The Hall–Kier alpha value is -3.29. The van der Waals surface area contributed by atoms with Gasteiger partial charge in [0.2, 0.25) is 0 Å². The summed E-state index contributed by atoms with van der Waals surface area (Å²) in [7, 11) is 0. The lowest BCUT2D eigenvalue weighted by molar-refractivity contribution is 0.0699. The molecule has 2 aromatic heterocycles. The predicted octanol–water partition coefficient (Wildman–Crippen LogP) is 5.39. The van der Waals surface area contributed by atoms with Crippen molar-refractivity contribution < 1.29 is 19.4 Å². The van der Waals surface area contributed by atoms with Crippen molar-refractivity contribution >= 4 is 44.8 Å². The van der Waals surface area contributed by atoms with E-state index in [1.165, 1.54) is 17.5 Å². The van der Waals surface area contributed by atoms with E-state index in [1.807, 2.05) is 47.8 Å². The Kier molecular flexibility index (Phi) is 5.74. The summed E-state index contributed by atoms with van der Waals surface area (Å²) in [5.74, 6) is 0.554. The maximum atomic E-state index is 11.4. The number of carboxylic acids is 1. The molecule has 152 valence electrons. The fourth-order valence-corrected chi connectivity index (χ4v) is 4.14. The molecule has 0 saturated carbocycles. The van der Waals surface area contributed by atoms with Crippen LogP contribution in [-0.2, 0) is 13.2 Å². The zero-order valence-electron chi connectivity index (χ0n) is 15.7. The van der Waals surface area contributed by atoms with Gasteiger partial charge in [0, 0.05) is 28.2 Å². The molecule has 0 radical (unpaired) electrons. The highest BCUT2D eigenvalue weighted by atomic mass is 35.5. The van der Waals surface area contributed by atoms with E-state index in [2.05, 4.69) is 4.98 Å². The second-order valence-corrected chi connectivity index (χ2v) is 7.82. The topological polar surface area (TPSA) is 94.7 Å². The number of anilines is 1. The number of aromatic nitrogens is 1. The fourth-order valence-electron chi connectivity index (χ4n) is 2.95. The molecule has 8 heteroatoms. The lowest BCUT2D eigenvalue weighted by atomic mass is 10.1. The van der Waals surface area contributed by atoms with Gasteiger partial charge in [-0.2, -0.15) is 0 Å². The van der Waals surface area contributed by atoms with Crippen molar-refractivity contribution in [2.75, 3.05) is 5.73 Å². The second kappa shape index (κ2) is 8.61. The Balaban J connectivity index is 1.47. The molecule has 0 fully saturated rings. The van der Waals surface area contributed by atoms with Gasteiger partial charge in [-0.15, -0.1) is 11.3 Å². The van der Waals surface area contributed by atoms with Crippen LogP contribution in [0.1, 0.15) is 21.5 Å². The molecule has 0 aliphatic carbocycles. The normalized spacial score (nSPS) is 10.8. The minimum atomic E-state index is -1.03. The summed E-state index contributed by atoms with van der Waals surface area (Å²) in [5, 5.41) is 12.5. The van der Waals surface area contributed by atoms with Gasteiger partial charge in [0.25, 0.3) is 0 Å². The molecule has 0 saturated heterocycles. The highest BCUT2D eigenvalue weighted by Gasteiger charge is 2.17. The van der Waals surface area contributed by atoms with Gasteiger partial charge in [-0.25, -0.2) is 9.78 Å². The average Bonchev–Trinajstić information content (AvgIpc) is 3.17. The van der Waals surface area contributed by atoms with Crippen molar-refractivity contribution in [3.05, 3.63) is 81.8 Å². The van der Waals surface area contributed by atoms with E-state index in [0.29, 0.717) is 33.2 Å². The van der Waals surface area contributed by atoms with E-state index in [0.717, 1.165) is 11.1 Å². The Morgan fingerprint density at radius 3 is 2.50 bits per heavy atom. The molecule has 30 heavy (non-hydrogen) atoms. The number of rotatable bonds is 7. The molecule has 2 aromatic carbocycles. The monoisotopic (exact) mass is 440 g/mol. The number of carboxylic acid groups (broad SMARTS) is 1. The highest BCUT2D eigenvalue weighted by molar-refractivity contribution is 7.17. The van der Waals surface area contributed by atoms with Gasteiger partial charge in [0.1, 0.15) is 30.5 Å². The largest absolute Gasteiger partial charge is 0.489 e. The summed E-state index contributed by atoms with van der Waals surface area (Å²) < 4.78 is 12.3. The third-order valence-corrected chi connectivity index (χ3v) is 5.76. The van der Waals surface area contributed by atoms with E-state index in [1.54, 1.807) is 6.07 Å². The van der Waals surface area contributed by atoms with Crippen LogP contribution >= 0.6 is 22.9 Å². The van der Waals surface area contributed by atoms with E-state index in [-0.39, 0.29) is 18.0 Å². The van der Waals surface area contributed by atoms with E-state index >= 15 is 0 Å². The van der Waals surface area contributed by atoms with Crippen LogP contribution in [0.25, 0.3) is 10.1 Å². The molecule has 0 bridgehead atoms. The van der Waals surface area contributed by atoms with Crippen LogP contribution in [0.3, 0.4) is 0 Å². The molecule has 0 atom stereocenters. The minimum absolute atomic E-state index is 0.132. The van der Waals surface area contributed by atoms with Gasteiger partial charge in [0.05, 0.1) is 10.3 Å². The number of carbonyl (C=O) groups is 1. The van der Waals surface area contributed by atoms with Crippen molar-refractivity contribution in [3.8, 4) is 11.5 Å². The van der Waals surface area contributed by atoms with Crippen LogP contribution in [0.15, 0.2) is 60.1 Å². The summed E-state index contributed by atoms with van der Waals surface area (Å²) in [4.78, 5) is 15.4. The maximum absolute atomic E-state index is 11.4. The molecule has 4 rings (SSSR count). The SMILES string of the molecule is Nc1ncc(C(=O)O)c2scc(COc3cccc(OCc4ccc(Cl)cc4)c3)c12. The molecule has 6 nitrogen and oxygen atoms in total. The molecular formula is C22H17ClN2O4S. The smallest absolute Gasteiger partial charge is 0.338 e. The lowest BCUT2D eigenvalue weighted by Crippen LogP contribution is -2.02. The van der Waals surface area contributed by atoms with Crippen molar-refractivity contribution in [1.29, 1.82) is 0 Å². The molecule has 2 heterocycles. The van der Waals surface area contributed by atoms with Crippen molar-refractivity contribution in [2.24, 2.45) is 0 Å². The molecule has 0 amide bonds. The summed E-state index contributed by atoms with van der Waals surface area (Å²) in [6.07, 6.45) is 1.28. The number of aromatic carboxylic acids is 1. The number of fused-ring (bicyclic) bond motifs is 1. The molecule has 0 aliphatic heterocycles. The van der Waals surface area contributed by atoms with Crippen molar-refractivity contribution in [2.45, 2.75) is 13.2 Å². The quantitative estimate of drug-likeness (QED) is 0.400. The number of hydrogen-bond donors (Lipinski definition) is 2. The average molecular weight is 441 g/mol. The van der Waals surface area contributed by atoms with Crippen LogP contribution in [0.4, 0.5) is 5.82 Å². The summed E-state index contributed by atoms with van der Waals surface area (Å²) >= 11 is 7.21. The van der Waals surface area contributed by atoms with E-state index in [9.17, 15) is 9.90 Å². The summed E-state index contributed by atoms with van der Waals surface area (Å²) in [6, 6.07) is 14.8. The molecule has 3 N–H and O–H groups in total. The van der Waals surface area contributed by atoms with Crippen LogP contribution in [0.2, 0.25) is 5.02 Å². The van der Waals surface area contributed by atoms with Gasteiger partial charge in [-0.05, 0) is 35.2 Å². The highest BCUT2D eigenvalue weighted by Crippen LogP contribution is 2.33. The Morgan fingerprint density at radius 1 is 1.10 bits per heavy atom. The third kappa shape index (κ3) is 4.32. The minimum Gasteiger partial charge on any atom is -0.489 e. The zero-order chi connectivity index (χ0) is 21.1.